The van der Waals surface area contributed by atoms with Gasteiger partial charge in [-0.2, -0.15) is 0 Å². The first kappa shape index (κ1) is 26.3. The monoisotopic (exact) mass is 498 g/mol. The number of ether oxygens (including phenoxy) is 1. The van der Waals surface area contributed by atoms with Crippen LogP contribution in [0.15, 0.2) is 42.5 Å². The average molecular weight is 500 g/mol. The standard InChI is InChI=1S/C24H29Cl3N2O3/c1-3-14-28-24(31)22(4-2)29(16-19-20(26)7-5-8-21(19)27)23(30)9-6-15-32-18-12-10-17(25)11-13-18/h5,7-8,10-13,22H,3-4,6,9,14-16H2,1-2H3,(H,28,31)/t22-/m1/s1. The number of halogens is 3. The molecule has 2 aromatic carbocycles. The molecule has 0 saturated heterocycles. The summed E-state index contributed by atoms with van der Waals surface area (Å²) >= 11 is 18.6. The predicted octanol–water partition coefficient (Wildman–Crippen LogP) is 6.14. The summed E-state index contributed by atoms with van der Waals surface area (Å²) in [6.07, 6.45) is 2.02. The van der Waals surface area contributed by atoms with E-state index in [1.54, 1.807) is 47.4 Å². The third-order valence-corrected chi connectivity index (χ3v) is 5.90. The van der Waals surface area contributed by atoms with Gasteiger partial charge in [0.25, 0.3) is 0 Å². The summed E-state index contributed by atoms with van der Waals surface area (Å²) < 4.78 is 5.68. The van der Waals surface area contributed by atoms with Gasteiger partial charge in [0.05, 0.1) is 6.61 Å². The van der Waals surface area contributed by atoms with Crippen molar-refractivity contribution >= 4 is 46.6 Å². The molecule has 1 atom stereocenters. The number of benzene rings is 2. The molecule has 0 fully saturated rings. The minimum atomic E-state index is -0.612. The Morgan fingerprint density at radius 3 is 2.28 bits per heavy atom. The van der Waals surface area contributed by atoms with Crippen LogP contribution in [-0.4, -0.2) is 35.9 Å². The molecular formula is C24H29Cl3N2O3. The van der Waals surface area contributed by atoms with E-state index in [4.69, 9.17) is 39.5 Å². The van der Waals surface area contributed by atoms with Crippen molar-refractivity contribution < 1.29 is 14.3 Å². The molecule has 0 bridgehead atoms. The number of rotatable bonds is 12. The summed E-state index contributed by atoms with van der Waals surface area (Å²) in [6, 6.07) is 11.6. The maximum absolute atomic E-state index is 13.2. The molecule has 8 heteroatoms. The van der Waals surface area contributed by atoms with Crippen LogP contribution in [0, 0.1) is 0 Å². The predicted molar refractivity (Wildman–Crippen MR) is 131 cm³/mol. The van der Waals surface area contributed by atoms with Gasteiger partial charge in [0.15, 0.2) is 0 Å². The van der Waals surface area contributed by atoms with Crippen molar-refractivity contribution in [3.05, 3.63) is 63.1 Å². The van der Waals surface area contributed by atoms with E-state index in [1.165, 1.54) is 0 Å². The van der Waals surface area contributed by atoms with Crippen LogP contribution in [0.2, 0.25) is 15.1 Å². The van der Waals surface area contributed by atoms with Crippen LogP contribution in [0.4, 0.5) is 0 Å². The zero-order chi connectivity index (χ0) is 23.5. The quantitative estimate of drug-likeness (QED) is 0.357. The Morgan fingerprint density at radius 2 is 1.69 bits per heavy atom. The van der Waals surface area contributed by atoms with Gasteiger partial charge in [-0.1, -0.05) is 54.7 Å². The Balaban J connectivity index is 2.10. The van der Waals surface area contributed by atoms with Crippen molar-refractivity contribution in [3.63, 3.8) is 0 Å². The Morgan fingerprint density at radius 1 is 1.03 bits per heavy atom. The van der Waals surface area contributed by atoms with Gasteiger partial charge in [0.1, 0.15) is 11.8 Å². The van der Waals surface area contributed by atoms with Crippen molar-refractivity contribution in [2.45, 2.75) is 52.1 Å². The molecule has 0 heterocycles. The number of nitrogens with one attached hydrogen (secondary N) is 1. The Bertz CT molecular complexity index is 870. The molecule has 1 N–H and O–H groups in total. The van der Waals surface area contributed by atoms with Gasteiger partial charge < -0.3 is 15.0 Å². The first-order chi connectivity index (χ1) is 15.4. The van der Waals surface area contributed by atoms with Gasteiger partial charge >= 0.3 is 0 Å². The maximum atomic E-state index is 13.2. The number of hydrogen-bond acceptors (Lipinski definition) is 3. The molecule has 0 aliphatic heterocycles. The maximum Gasteiger partial charge on any atom is 0.242 e. The minimum absolute atomic E-state index is 0.154. The van der Waals surface area contributed by atoms with E-state index in [0.717, 1.165) is 6.42 Å². The highest BCUT2D eigenvalue weighted by molar-refractivity contribution is 6.36. The van der Waals surface area contributed by atoms with Crippen LogP contribution >= 0.6 is 34.8 Å². The van der Waals surface area contributed by atoms with Gasteiger partial charge in [0.2, 0.25) is 11.8 Å². The smallest absolute Gasteiger partial charge is 0.242 e. The summed E-state index contributed by atoms with van der Waals surface area (Å²) in [6.45, 7) is 4.95. The molecule has 0 radical (unpaired) electrons. The lowest BCUT2D eigenvalue weighted by atomic mass is 10.1. The lowest BCUT2D eigenvalue weighted by molar-refractivity contribution is -0.141. The molecule has 174 valence electrons. The van der Waals surface area contributed by atoms with E-state index in [2.05, 4.69) is 5.32 Å². The second-order valence-electron chi connectivity index (χ2n) is 7.34. The second-order valence-corrected chi connectivity index (χ2v) is 8.59. The van der Waals surface area contributed by atoms with E-state index in [1.807, 2.05) is 13.8 Å². The lowest BCUT2D eigenvalue weighted by Gasteiger charge is -2.31. The van der Waals surface area contributed by atoms with Crippen LogP contribution in [-0.2, 0) is 16.1 Å². The molecule has 0 saturated carbocycles. The fraction of sp³-hybridized carbons (Fsp3) is 0.417. The summed E-state index contributed by atoms with van der Waals surface area (Å²) in [5.41, 5.74) is 0.628. The first-order valence-corrected chi connectivity index (χ1v) is 11.9. The van der Waals surface area contributed by atoms with Crippen molar-refractivity contribution in [1.29, 1.82) is 0 Å². The van der Waals surface area contributed by atoms with E-state index in [0.29, 0.717) is 52.4 Å². The van der Waals surface area contributed by atoms with Crippen LogP contribution in [0.25, 0.3) is 0 Å². The number of carbonyl (C=O) groups is 2. The van der Waals surface area contributed by atoms with Crippen LogP contribution in [0.1, 0.15) is 45.1 Å². The number of amides is 2. The fourth-order valence-electron chi connectivity index (χ4n) is 3.23. The molecule has 2 rings (SSSR count). The molecule has 2 aromatic rings. The van der Waals surface area contributed by atoms with Gasteiger partial charge in [-0.05, 0) is 55.7 Å². The van der Waals surface area contributed by atoms with E-state index < -0.39 is 6.04 Å². The summed E-state index contributed by atoms with van der Waals surface area (Å²) in [5, 5.41) is 4.45. The number of carbonyl (C=O) groups excluding carboxylic acids is 2. The zero-order valence-corrected chi connectivity index (χ0v) is 20.6. The van der Waals surface area contributed by atoms with Gasteiger partial charge in [-0.25, -0.2) is 0 Å². The van der Waals surface area contributed by atoms with Crippen molar-refractivity contribution in [3.8, 4) is 5.75 Å². The fourth-order valence-corrected chi connectivity index (χ4v) is 3.87. The molecule has 2 amide bonds. The lowest BCUT2D eigenvalue weighted by Crippen LogP contribution is -2.49. The summed E-state index contributed by atoms with van der Waals surface area (Å²) in [5.74, 6) is 0.356. The molecular weight excluding hydrogens is 471 g/mol. The Hall–Kier alpha value is -1.95. The molecule has 5 nitrogen and oxygen atoms in total. The van der Waals surface area contributed by atoms with E-state index >= 15 is 0 Å². The number of hydrogen-bond donors (Lipinski definition) is 1. The largest absolute Gasteiger partial charge is 0.494 e. The van der Waals surface area contributed by atoms with Crippen molar-refractivity contribution in [1.82, 2.24) is 10.2 Å². The highest BCUT2D eigenvalue weighted by Gasteiger charge is 2.29. The Kier molecular flexibility index (Phi) is 11.1. The molecule has 0 unspecified atom stereocenters. The topological polar surface area (TPSA) is 58.6 Å². The first-order valence-electron chi connectivity index (χ1n) is 10.8. The van der Waals surface area contributed by atoms with Crippen LogP contribution in [0.5, 0.6) is 5.75 Å². The van der Waals surface area contributed by atoms with E-state index in [-0.39, 0.29) is 24.8 Å². The highest BCUT2D eigenvalue weighted by atomic mass is 35.5. The summed E-state index contributed by atoms with van der Waals surface area (Å²) in [4.78, 5) is 27.5. The number of nitrogens with zero attached hydrogens (tertiary/aromatic N) is 1. The Labute approximate surface area is 205 Å². The van der Waals surface area contributed by atoms with Gasteiger partial charge in [-0.3, -0.25) is 9.59 Å². The van der Waals surface area contributed by atoms with Crippen LogP contribution < -0.4 is 10.1 Å². The van der Waals surface area contributed by atoms with Crippen molar-refractivity contribution in [2.24, 2.45) is 0 Å². The highest BCUT2D eigenvalue weighted by Crippen LogP contribution is 2.27. The molecule has 0 aliphatic rings. The van der Waals surface area contributed by atoms with Crippen molar-refractivity contribution in [2.75, 3.05) is 13.2 Å². The third kappa shape index (κ3) is 7.88. The van der Waals surface area contributed by atoms with Gasteiger partial charge in [-0.15, -0.1) is 0 Å². The summed E-state index contributed by atoms with van der Waals surface area (Å²) in [7, 11) is 0. The van der Waals surface area contributed by atoms with Gasteiger partial charge in [0, 0.05) is 40.1 Å². The molecule has 0 aliphatic carbocycles. The molecule has 0 aromatic heterocycles. The minimum Gasteiger partial charge on any atom is -0.494 e. The SMILES string of the molecule is CCCNC(=O)[C@@H](CC)N(Cc1c(Cl)cccc1Cl)C(=O)CCCOc1ccc(Cl)cc1. The van der Waals surface area contributed by atoms with Crippen LogP contribution in [0.3, 0.4) is 0 Å². The zero-order valence-electron chi connectivity index (χ0n) is 18.4. The third-order valence-electron chi connectivity index (χ3n) is 4.94. The molecule has 32 heavy (non-hydrogen) atoms. The van der Waals surface area contributed by atoms with E-state index in [9.17, 15) is 9.59 Å². The normalized spacial score (nSPS) is 11.7. The molecule has 0 spiro atoms. The second kappa shape index (κ2) is 13.6. The average Bonchev–Trinajstić information content (AvgIpc) is 2.78.